The van der Waals surface area contributed by atoms with E-state index in [1.165, 1.54) is 12.8 Å². The van der Waals surface area contributed by atoms with Crippen molar-refractivity contribution in [3.8, 4) is 11.6 Å². The zero-order chi connectivity index (χ0) is 23.8. The zero-order valence-corrected chi connectivity index (χ0v) is 21.4. The Balaban J connectivity index is 1.18. The average molecular weight is 556 g/mol. The lowest BCUT2D eigenvalue weighted by molar-refractivity contribution is 0.245. The molecule has 1 saturated heterocycles. The lowest BCUT2D eigenvalue weighted by atomic mass is 10.2. The Bertz CT molecular complexity index is 1340. The summed E-state index contributed by atoms with van der Waals surface area (Å²) in [4.78, 5) is 17.8. The van der Waals surface area contributed by atoms with Crippen molar-refractivity contribution in [2.45, 2.75) is 25.9 Å². The van der Waals surface area contributed by atoms with E-state index in [2.05, 4.69) is 51.0 Å². The van der Waals surface area contributed by atoms with Crippen molar-refractivity contribution in [2.24, 2.45) is 5.92 Å². The molecule has 1 saturated carbocycles. The lowest BCUT2D eigenvalue weighted by Gasteiger charge is -2.34. The molecule has 0 atom stereocenters. The molecule has 2 aliphatic rings. The fourth-order valence-corrected chi connectivity index (χ4v) is 5.00. The Labute approximate surface area is 216 Å². The van der Waals surface area contributed by atoms with Crippen molar-refractivity contribution in [2.75, 3.05) is 31.1 Å². The minimum atomic E-state index is 0.536. The van der Waals surface area contributed by atoms with Crippen molar-refractivity contribution in [3.05, 3.63) is 57.9 Å². The number of hydrogen-bond acceptors (Lipinski definition) is 8. The highest BCUT2D eigenvalue weighted by Gasteiger charge is 2.24. The summed E-state index contributed by atoms with van der Waals surface area (Å²) >= 11 is 9.99. The van der Waals surface area contributed by atoms with E-state index in [0.717, 1.165) is 65.7 Å². The maximum atomic E-state index is 6.31. The topological polar surface area (TPSA) is 85.1 Å². The fourth-order valence-electron chi connectivity index (χ4n) is 4.32. The number of hydrogen-bond donors (Lipinski definition) is 0. The van der Waals surface area contributed by atoms with Gasteiger partial charge in [0.15, 0.2) is 0 Å². The molecule has 1 aliphatic heterocycles. The van der Waals surface area contributed by atoms with E-state index in [-0.39, 0.29) is 0 Å². The summed E-state index contributed by atoms with van der Waals surface area (Å²) in [5.74, 6) is 2.68. The monoisotopic (exact) mass is 554 g/mol. The van der Waals surface area contributed by atoms with E-state index in [1.54, 1.807) is 18.6 Å². The SMILES string of the molecule is Clc1cnc(Oc2ccc3c(nnn3CC3CC3)c2Br)c(CN2CCN(c3ncccn3)CC2)c1. The van der Waals surface area contributed by atoms with Crippen LogP contribution in [-0.4, -0.2) is 61.0 Å². The van der Waals surface area contributed by atoms with Gasteiger partial charge in [-0.15, -0.1) is 5.10 Å². The van der Waals surface area contributed by atoms with E-state index >= 15 is 0 Å². The van der Waals surface area contributed by atoms with Crippen LogP contribution in [0, 0.1) is 5.92 Å². The van der Waals surface area contributed by atoms with Crippen LogP contribution >= 0.6 is 27.5 Å². The predicted molar refractivity (Wildman–Crippen MR) is 137 cm³/mol. The van der Waals surface area contributed by atoms with Crippen molar-refractivity contribution < 1.29 is 4.74 Å². The standard InChI is InChI=1S/C24H24BrClN8O/c25-21-20(5-4-19-22(21)30-31-34(19)14-16-2-3-16)35-23-17(12-18(26)13-29-23)15-32-8-10-33(11-9-32)24-27-6-1-7-28-24/h1,4-7,12-13,16H,2-3,8-11,14-15H2. The summed E-state index contributed by atoms with van der Waals surface area (Å²) in [6.45, 7) is 5.06. The summed E-state index contributed by atoms with van der Waals surface area (Å²) in [7, 11) is 0. The number of nitrogens with zero attached hydrogens (tertiary/aromatic N) is 8. The van der Waals surface area contributed by atoms with E-state index in [9.17, 15) is 0 Å². The molecule has 0 bridgehead atoms. The van der Waals surface area contributed by atoms with Crippen molar-refractivity contribution in [1.29, 1.82) is 0 Å². The first-order valence-corrected chi connectivity index (χ1v) is 12.9. The quantitative estimate of drug-likeness (QED) is 0.328. The van der Waals surface area contributed by atoms with Gasteiger partial charge in [-0.25, -0.2) is 19.6 Å². The van der Waals surface area contributed by atoms with E-state index in [4.69, 9.17) is 16.3 Å². The highest BCUT2D eigenvalue weighted by atomic mass is 79.9. The molecule has 4 aromatic rings. The molecular formula is C24H24BrClN8O. The molecule has 1 aromatic carbocycles. The molecule has 0 unspecified atom stereocenters. The first kappa shape index (κ1) is 22.6. The van der Waals surface area contributed by atoms with E-state index < -0.39 is 0 Å². The molecule has 9 nitrogen and oxygen atoms in total. The number of pyridine rings is 1. The molecule has 1 aliphatic carbocycles. The van der Waals surface area contributed by atoms with Crippen LogP contribution in [0.15, 0.2) is 47.3 Å². The van der Waals surface area contributed by atoms with Crippen LogP contribution < -0.4 is 9.64 Å². The number of piperazine rings is 1. The molecular weight excluding hydrogens is 532 g/mol. The Morgan fingerprint density at radius 2 is 1.86 bits per heavy atom. The molecule has 6 rings (SSSR count). The van der Waals surface area contributed by atoms with Crippen LogP contribution in [0.3, 0.4) is 0 Å². The van der Waals surface area contributed by atoms with Gasteiger partial charge in [0.1, 0.15) is 11.3 Å². The van der Waals surface area contributed by atoms with Crippen molar-refractivity contribution in [1.82, 2.24) is 34.8 Å². The molecule has 0 N–H and O–H groups in total. The second-order valence-electron chi connectivity index (χ2n) is 8.99. The summed E-state index contributed by atoms with van der Waals surface area (Å²) in [6.07, 6.45) is 7.70. The van der Waals surface area contributed by atoms with Crippen LogP contribution in [0.2, 0.25) is 5.02 Å². The third-order valence-corrected chi connectivity index (χ3v) is 7.39. The maximum Gasteiger partial charge on any atom is 0.225 e. The minimum Gasteiger partial charge on any atom is -0.437 e. The van der Waals surface area contributed by atoms with Crippen LogP contribution in [0.25, 0.3) is 11.0 Å². The van der Waals surface area contributed by atoms with Crippen molar-refractivity contribution in [3.63, 3.8) is 0 Å². The molecule has 180 valence electrons. The van der Waals surface area contributed by atoms with Crippen molar-refractivity contribution >= 4 is 44.5 Å². The summed E-state index contributed by atoms with van der Waals surface area (Å²) in [5.41, 5.74) is 2.73. The number of ether oxygens (including phenoxy) is 1. The van der Waals surface area contributed by atoms with Gasteiger partial charge in [0.05, 0.1) is 15.0 Å². The largest absolute Gasteiger partial charge is 0.437 e. The van der Waals surface area contributed by atoms with Crippen LogP contribution in [-0.2, 0) is 13.1 Å². The van der Waals surface area contributed by atoms with E-state index in [0.29, 0.717) is 23.2 Å². The highest BCUT2D eigenvalue weighted by Crippen LogP contribution is 2.37. The van der Waals surface area contributed by atoms with Crippen LogP contribution in [0.4, 0.5) is 5.95 Å². The second-order valence-corrected chi connectivity index (χ2v) is 10.2. The van der Waals surface area contributed by atoms with Gasteiger partial charge in [-0.3, -0.25) is 4.90 Å². The third-order valence-electron chi connectivity index (χ3n) is 6.42. The third kappa shape index (κ3) is 4.96. The van der Waals surface area contributed by atoms with Crippen LogP contribution in [0.5, 0.6) is 11.6 Å². The lowest BCUT2D eigenvalue weighted by Crippen LogP contribution is -2.46. The number of anilines is 1. The Kier molecular flexibility index (Phi) is 6.26. The number of aromatic nitrogens is 6. The highest BCUT2D eigenvalue weighted by molar-refractivity contribution is 9.10. The fraction of sp³-hybridized carbons (Fsp3) is 0.375. The average Bonchev–Trinajstić information content (AvgIpc) is 3.61. The Hall–Kier alpha value is -2.82. The molecule has 11 heteroatoms. The second kappa shape index (κ2) is 9.67. The molecule has 0 radical (unpaired) electrons. The van der Waals surface area contributed by atoms with Gasteiger partial charge in [-0.1, -0.05) is 16.8 Å². The zero-order valence-electron chi connectivity index (χ0n) is 19.0. The molecule has 0 spiro atoms. The summed E-state index contributed by atoms with van der Waals surface area (Å²) in [6, 6.07) is 7.71. The summed E-state index contributed by atoms with van der Waals surface area (Å²) in [5, 5.41) is 9.32. The molecule has 0 amide bonds. The first-order valence-electron chi connectivity index (χ1n) is 11.7. The smallest absolute Gasteiger partial charge is 0.225 e. The molecule has 2 fully saturated rings. The van der Waals surface area contributed by atoms with Gasteiger partial charge in [0.2, 0.25) is 11.8 Å². The number of benzene rings is 1. The molecule has 3 aromatic heterocycles. The Morgan fingerprint density at radius 3 is 2.63 bits per heavy atom. The van der Waals surface area contributed by atoms with Gasteiger partial charge in [-0.2, -0.15) is 0 Å². The van der Waals surface area contributed by atoms with Gasteiger partial charge in [0.25, 0.3) is 0 Å². The van der Waals surface area contributed by atoms with E-state index in [1.807, 2.05) is 28.9 Å². The van der Waals surface area contributed by atoms with Crippen LogP contribution in [0.1, 0.15) is 18.4 Å². The predicted octanol–water partition coefficient (Wildman–Crippen LogP) is 4.56. The van der Waals surface area contributed by atoms with Gasteiger partial charge in [-0.05, 0) is 59.0 Å². The Morgan fingerprint density at radius 1 is 1.06 bits per heavy atom. The van der Waals surface area contributed by atoms with Gasteiger partial charge in [0, 0.05) is 63.4 Å². The normalized spacial score (nSPS) is 16.7. The first-order chi connectivity index (χ1) is 17.1. The molecule has 35 heavy (non-hydrogen) atoms. The molecule has 4 heterocycles. The number of rotatable bonds is 7. The van der Waals surface area contributed by atoms with Gasteiger partial charge >= 0.3 is 0 Å². The summed E-state index contributed by atoms with van der Waals surface area (Å²) < 4.78 is 9.04. The number of halogens is 2. The maximum absolute atomic E-state index is 6.31. The number of fused-ring (bicyclic) bond motifs is 1. The minimum absolute atomic E-state index is 0.536. The van der Waals surface area contributed by atoms with Gasteiger partial charge < -0.3 is 9.64 Å².